The molecule has 0 spiro atoms. The molecule has 68 valence electrons. The van der Waals surface area contributed by atoms with Crippen molar-refractivity contribution in [2.45, 2.75) is 51.4 Å². The summed E-state index contributed by atoms with van der Waals surface area (Å²) in [6, 6.07) is 0. The van der Waals surface area contributed by atoms with Crippen molar-refractivity contribution >= 4 is 5.78 Å². The highest BCUT2D eigenvalue weighted by Gasteiger charge is 2.38. The molecule has 0 aromatic rings. The van der Waals surface area contributed by atoms with Crippen molar-refractivity contribution in [1.29, 1.82) is 0 Å². The lowest BCUT2D eigenvalue weighted by Gasteiger charge is -2.34. The molecule has 1 nitrogen and oxygen atoms in total. The average molecular weight is 166 g/mol. The summed E-state index contributed by atoms with van der Waals surface area (Å²) in [5.74, 6) is 1.83. The second kappa shape index (κ2) is 3.59. The van der Waals surface area contributed by atoms with E-state index in [0.717, 1.165) is 12.3 Å². The fourth-order valence-electron chi connectivity index (χ4n) is 2.66. The summed E-state index contributed by atoms with van der Waals surface area (Å²) >= 11 is 0. The molecule has 0 amide bonds. The molecule has 0 N–H and O–H groups in total. The average Bonchev–Trinajstić information content (AvgIpc) is 2.14. The first-order valence-corrected chi connectivity index (χ1v) is 5.40. The van der Waals surface area contributed by atoms with Crippen LogP contribution in [-0.2, 0) is 4.79 Å². The molecule has 2 saturated carbocycles. The minimum absolute atomic E-state index is 0.489. The van der Waals surface area contributed by atoms with E-state index in [1.807, 2.05) is 0 Å². The molecule has 0 saturated heterocycles. The van der Waals surface area contributed by atoms with Crippen LogP contribution in [0, 0.1) is 11.8 Å². The molecule has 0 aromatic carbocycles. The molecule has 0 heterocycles. The predicted molar refractivity (Wildman–Crippen MR) is 48.9 cm³/mol. The summed E-state index contributed by atoms with van der Waals surface area (Å²) < 4.78 is 0. The Bertz CT molecular complexity index is 174. The molecule has 2 atom stereocenters. The number of ketones is 1. The van der Waals surface area contributed by atoms with Gasteiger partial charge in [-0.1, -0.05) is 32.1 Å². The minimum Gasteiger partial charge on any atom is -0.299 e. The van der Waals surface area contributed by atoms with E-state index in [1.54, 1.807) is 0 Å². The van der Waals surface area contributed by atoms with Crippen molar-refractivity contribution in [3.63, 3.8) is 0 Å². The van der Waals surface area contributed by atoms with E-state index in [-0.39, 0.29) is 0 Å². The van der Waals surface area contributed by atoms with Crippen LogP contribution in [0.4, 0.5) is 0 Å². The van der Waals surface area contributed by atoms with Gasteiger partial charge in [-0.15, -0.1) is 0 Å². The first-order chi connectivity index (χ1) is 5.88. The van der Waals surface area contributed by atoms with Crippen LogP contribution >= 0.6 is 0 Å². The number of rotatable bonds is 0. The van der Waals surface area contributed by atoms with Gasteiger partial charge in [-0.05, 0) is 18.8 Å². The molecule has 2 unspecified atom stereocenters. The Kier molecular flexibility index (Phi) is 2.48. The second-order valence-electron chi connectivity index (χ2n) is 4.38. The van der Waals surface area contributed by atoms with Crippen LogP contribution in [0.25, 0.3) is 0 Å². The van der Waals surface area contributed by atoms with Gasteiger partial charge < -0.3 is 0 Å². The Morgan fingerprint density at radius 1 is 0.917 bits per heavy atom. The molecule has 2 rings (SSSR count). The summed E-state index contributed by atoms with van der Waals surface area (Å²) in [7, 11) is 0. The number of hydrogen-bond acceptors (Lipinski definition) is 1. The lowest BCUT2D eigenvalue weighted by Crippen LogP contribution is -2.36. The van der Waals surface area contributed by atoms with Gasteiger partial charge in [0.05, 0.1) is 0 Å². The van der Waals surface area contributed by atoms with Crippen LogP contribution in [0.1, 0.15) is 51.4 Å². The zero-order valence-electron chi connectivity index (χ0n) is 7.72. The monoisotopic (exact) mass is 166 g/mol. The van der Waals surface area contributed by atoms with E-state index >= 15 is 0 Å². The second-order valence-corrected chi connectivity index (χ2v) is 4.38. The van der Waals surface area contributed by atoms with Crippen LogP contribution in [0.5, 0.6) is 0 Å². The van der Waals surface area contributed by atoms with Gasteiger partial charge in [0.15, 0.2) is 0 Å². The third-order valence-corrected chi connectivity index (χ3v) is 3.54. The maximum Gasteiger partial charge on any atom is 0.136 e. The number of hydrogen-bond donors (Lipinski definition) is 0. The summed E-state index contributed by atoms with van der Waals surface area (Å²) in [5, 5.41) is 0. The molecular weight excluding hydrogens is 148 g/mol. The standard InChI is InChI=1S/C11H18O/c12-11-8-9-6-4-2-1-3-5-7-10(9)11/h9-10H,1-8H2. The summed E-state index contributed by atoms with van der Waals surface area (Å²) in [6.07, 6.45) is 10.3. The Balaban J connectivity index is 1.89. The first kappa shape index (κ1) is 8.28. The molecule has 2 fully saturated rings. The summed E-state index contributed by atoms with van der Waals surface area (Å²) in [5.41, 5.74) is 0. The molecule has 0 aliphatic heterocycles. The van der Waals surface area contributed by atoms with E-state index < -0.39 is 0 Å². The maximum atomic E-state index is 11.2. The predicted octanol–water partition coefficient (Wildman–Crippen LogP) is 2.94. The lowest BCUT2D eigenvalue weighted by atomic mass is 9.68. The number of carbonyl (C=O) groups is 1. The fraction of sp³-hybridized carbons (Fsp3) is 0.909. The van der Waals surface area contributed by atoms with Crippen molar-refractivity contribution in [3.8, 4) is 0 Å². The molecule has 0 radical (unpaired) electrons. The van der Waals surface area contributed by atoms with Crippen LogP contribution in [0.15, 0.2) is 0 Å². The zero-order valence-corrected chi connectivity index (χ0v) is 7.72. The highest BCUT2D eigenvalue weighted by Crippen LogP contribution is 2.39. The smallest absolute Gasteiger partial charge is 0.136 e. The van der Waals surface area contributed by atoms with Crippen LogP contribution in [0.2, 0.25) is 0 Å². The van der Waals surface area contributed by atoms with Crippen LogP contribution < -0.4 is 0 Å². The molecule has 12 heavy (non-hydrogen) atoms. The van der Waals surface area contributed by atoms with Crippen molar-refractivity contribution in [1.82, 2.24) is 0 Å². The minimum atomic E-state index is 0.489. The number of carbonyl (C=O) groups excluding carboxylic acids is 1. The Labute approximate surface area is 74.5 Å². The van der Waals surface area contributed by atoms with Gasteiger partial charge in [-0.3, -0.25) is 4.79 Å². The third-order valence-electron chi connectivity index (χ3n) is 3.54. The van der Waals surface area contributed by atoms with Gasteiger partial charge in [0.2, 0.25) is 0 Å². The van der Waals surface area contributed by atoms with Crippen molar-refractivity contribution in [3.05, 3.63) is 0 Å². The first-order valence-electron chi connectivity index (χ1n) is 5.40. The number of Topliss-reactive ketones (excluding diaryl/α,β-unsaturated/α-hetero) is 1. The highest BCUT2D eigenvalue weighted by atomic mass is 16.1. The Morgan fingerprint density at radius 3 is 2.33 bits per heavy atom. The molecule has 0 aromatic heterocycles. The highest BCUT2D eigenvalue weighted by molar-refractivity contribution is 5.87. The maximum absolute atomic E-state index is 11.2. The summed E-state index contributed by atoms with van der Waals surface area (Å²) in [4.78, 5) is 11.2. The van der Waals surface area contributed by atoms with Gasteiger partial charge in [-0.25, -0.2) is 0 Å². The van der Waals surface area contributed by atoms with Crippen molar-refractivity contribution in [2.75, 3.05) is 0 Å². The van der Waals surface area contributed by atoms with Crippen molar-refractivity contribution < 1.29 is 4.79 Å². The number of fused-ring (bicyclic) bond motifs is 1. The lowest BCUT2D eigenvalue weighted by molar-refractivity contribution is -0.134. The third kappa shape index (κ3) is 1.55. The SMILES string of the molecule is O=C1CC2CCCCCCCC12. The van der Waals surface area contributed by atoms with Gasteiger partial charge in [0, 0.05) is 12.3 Å². The van der Waals surface area contributed by atoms with E-state index in [9.17, 15) is 4.79 Å². The van der Waals surface area contributed by atoms with E-state index in [4.69, 9.17) is 0 Å². The van der Waals surface area contributed by atoms with E-state index in [1.165, 1.54) is 44.9 Å². The van der Waals surface area contributed by atoms with Gasteiger partial charge in [-0.2, -0.15) is 0 Å². The van der Waals surface area contributed by atoms with Gasteiger partial charge >= 0.3 is 0 Å². The quantitative estimate of drug-likeness (QED) is 0.540. The van der Waals surface area contributed by atoms with Gasteiger partial charge in [0.25, 0.3) is 0 Å². The van der Waals surface area contributed by atoms with Crippen LogP contribution in [-0.4, -0.2) is 5.78 Å². The molecular formula is C11H18O. The van der Waals surface area contributed by atoms with Crippen LogP contribution in [0.3, 0.4) is 0 Å². The summed E-state index contributed by atoms with van der Waals surface area (Å²) in [6.45, 7) is 0. The largest absolute Gasteiger partial charge is 0.299 e. The topological polar surface area (TPSA) is 17.1 Å². The van der Waals surface area contributed by atoms with E-state index in [2.05, 4.69) is 0 Å². The Morgan fingerprint density at radius 2 is 1.58 bits per heavy atom. The Hall–Kier alpha value is -0.330. The normalized spacial score (nSPS) is 37.2. The molecule has 2 aliphatic rings. The van der Waals surface area contributed by atoms with Crippen molar-refractivity contribution in [2.24, 2.45) is 11.8 Å². The zero-order chi connectivity index (χ0) is 8.39. The van der Waals surface area contributed by atoms with Gasteiger partial charge in [0.1, 0.15) is 5.78 Å². The molecule has 2 aliphatic carbocycles. The van der Waals surface area contributed by atoms with E-state index in [0.29, 0.717) is 11.7 Å². The fourth-order valence-corrected chi connectivity index (χ4v) is 2.66. The molecule has 1 heteroatoms. The molecule has 0 bridgehead atoms.